The molecule has 1 fully saturated rings. The Kier molecular flexibility index (Phi) is 12.1. The Labute approximate surface area is 265 Å². The first-order valence-electron chi connectivity index (χ1n) is 13.4. The summed E-state index contributed by atoms with van der Waals surface area (Å²) in [6.07, 6.45) is -4.71. The summed E-state index contributed by atoms with van der Waals surface area (Å²) in [7, 11) is 2.90. The molecule has 2 heterocycles. The lowest BCUT2D eigenvalue weighted by atomic mass is 9.83. The molecule has 44 heavy (non-hydrogen) atoms. The Morgan fingerprint density at radius 2 is 1.59 bits per heavy atom. The van der Waals surface area contributed by atoms with Crippen molar-refractivity contribution in [2.24, 2.45) is 0 Å². The minimum atomic E-state index is -4.71. The third kappa shape index (κ3) is 7.86. The van der Waals surface area contributed by atoms with Crippen molar-refractivity contribution in [3.63, 3.8) is 0 Å². The van der Waals surface area contributed by atoms with E-state index in [1.165, 1.54) is 20.3 Å². The van der Waals surface area contributed by atoms with Crippen LogP contribution in [0.15, 0.2) is 78.9 Å². The Balaban J connectivity index is 0.00000264. The molecule has 236 valence electrons. The molecule has 1 saturated heterocycles. The van der Waals surface area contributed by atoms with Crippen LogP contribution in [0.4, 0.5) is 13.2 Å². The number of piperazine rings is 1. The monoisotopic (exact) mass is 652 g/mol. The molecule has 14 heteroatoms. The van der Waals surface area contributed by atoms with E-state index in [1.807, 2.05) is 36.4 Å². The van der Waals surface area contributed by atoms with E-state index in [9.17, 15) is 18.0 Å². The van der Waals surface area contributed by atoms with Crippen LogP contribution in [-0.2, 0) is 22.3 Å². The van der Waals surface area contributed by atoms with Gasteiger partial charge in [0.05, 0.1) is 26.5 Å². The van der Waals surface area contributed by atoms with Crippen LogP contribution >= 0.6 is 24.8 Å². The molecule has 1 aliphatic heterocycles. The third-order valence-electron chi connectivity index (χ3n) is 7.51. The minimum Gasteiger partial charge on any atom is -0.496 e. The molecule has 0 spiro atoms. The number of benzene rings is 3. The molecule has 1 aliphatic rings. The first-order valence-corrected chi connectivity index (χ1v) is 13.4. The zero-order valence-corrected chi connectivity index (χ0v) is 25.7. The number of rotatable bonds is 9. The fourth-order valence-corrected chi connectivity index (χ4v) is 5.55. The number of aromatic nitrogens is 4. The molecule has 5 rings (SSSR count). The van der Waals surface area contributed by atoms with Crippen LogP contribution in [0.3, 0.4) is 0 Å². The highest BCUT2D eigenvalue weighted by molar-refractivity contribution is 5.85. The molecular weight excluding hydrogens is 620 g/mol. The van der Waals surface area contributed by atoms with Crippen LogP contribution in [0.1, 0.15) is 28.4 Å². The van der Waals surface area contributed by atoms with Gasteiger partial charge in [0.1, 0.15) is 5.75 Å². The van der Waals surface area contributed by atoms with Gasteiger partial charge in [-0.1, -0.05) is 60.7 Å². The standard InChI is InChI=1S/C30H31F3N6O3.2ClH/c1-41-26-14-13-24(39-29(30(31,32)33)34-35-36-39)17-23(26)18-37-15-16-38(20-27(40)42-2)25(19-37)28(21-9-5-3-6-10-21)22-11-7-4-8-12-22;;/h3-14,17,25,28H,15-16,18-20H2,1-2H3;2*1H. The Hall–Kier alpha value is -3.71. The van der Waals surface area contributed by atoms with Gasteiger partial charge in [0.15, 0.2) is 0 Å². The normalized spacial score (nSPS) is 15.7. The minimum absolute atomic E-state index is 0. The van der Waals surface area contributed by atoms with Gasteiger partial charge in [-0.2, -0.15) is 17.9 Å². The van der Waals surface area contributed by atoms with Crippen LogP contribution in [0.2, 0.25) is 0 Å². The van der Waals surface area contributed by atoms with E-state index in [0.29, 0.717) is 42.2 Å². The number of halogens is 5. The topological polar surface area (TPSA) is 85.6 Å². The molecule has 0 bridgehead atoms. The predicted molar refractivity (Wildman–Crippen MR) is 163 cm³/mol. The van der Waals surface area contributed by atoms with Gasteiger partial charge in [-0.3, -0.25) is 14.6 Å². The summed E-state index contributed by atoms with van der Waals surface area (Å²) < 4.78 is 51.8. The molecule has 0 N–H and O–H groups in total. The molecule has 0 radical (unpaired) electrons. The predicted octanol–water partition coefficient (Wildman–Crippen LogP) is 5.02. The highest BCUT2D eigenvalue weighted by Crippen LogP contribution is 2.35. The first-order chi connectivity index (χ1) is 20.3. The van der Waals surface area contributed by atoms with Crippen molar-refractivity contribution >= 4 is 30.8 Å². The van der Waals surface area contributed by atoms with E-state index in [-0.39, 0.29) is 55.0 Å². The number of carbonyl (C=O) groups is 1. The number of esters is 1. The maximum Gasteiger partial charge on any atom is 0.453 e. The second-order valence-electron chi connectivity index (χ2n) is 10.1. The van der Waals surface area contributed by atoms with Crippen molar-refractivity contribution in [2.75, 3.05) is 40.4 Å². The molecular formula is C30H33Cl2F3N6O3. The van der Waals surface area contributed by atoms with Gasteiger partial charge in [0, 0.05) is 43.7 Å². The lowest BCUT2D eigenvalue weighted by Gasteiger charge is -2.45. The van der Waals surface area contributed by atoms with E-state index >= 15 is 0 Å². The molecule has 1 unspecified atom stereocenters. The lowest BCUT2D eigenvalue weighted by molar-refractivity contribution is -0.146. The summed E-state index contributed by atoms with van der Waals surface area (Å²) >= 11 is 0. The second kappa shape index (κ2) is 15.3. The zero-order chi connectivity index (χ0) is 29.7. The van der Waals surface area contributed by atoms with Gasteiger partial charge < -0.3 is 9.47 Å². The summed E-state index contributed by atoms with van der Waals surface area (Å²) in [4.78, 5) is 16.8. The third-order valence-corrected chi connectivity index (χ3v) is 7.51. The summed E-state index contributed by atoms with van der Waals surface area (Å²) in [6.45, 7) is 2.33. The highest BCUT2D eigenvalue weighted by Gasteiger charge is 2.39. The molecule has 0 saturated carbocycles. The van der Waals surface area contributed by atoms with E-state index in [4.69, 9.17) is 9.47 Å². The fourth-order valence-electron chi connectivity index (χ4n) is 5.55. The molecule has 1 aromatic heterocycles. The van der Waals surface area contributed by atoms with Crippen LogP contribution in [0.25, 0.3) is 5.69 Å². The quantitative estimate of drug-likeness (QED) is 0.233. The van der Waals surface area contributed by atoms with Crippen LogP contribution in [0.5, 0.6) is 5.75 Å². The van der Waals surface area contributed by atoms with Crippen LogP contribution in [-0.4, -0.2) is 82.4 Å². The maximum atomic E-state index is 13.5. The van der Waals surface area contributed by atoms with Gasteiger partial charge in [-0.05, 0) is 39.8 Å². The van der Waals surface area contributed by atoms with Crippen molar-refractivity contribution in [1.29, 1.82) is 0 Å². The van der Waals surface area contributed by atoms with Crippen LogP contribution in [0, 0.1) is 0 Å². The number of alkyl halides is 3. The average molecular weight is 654 g/mol. The summed E-state index contributed by atoms with van der Waals surface area (Å²) in [5.74, 6) is -1.03. The number of hydrogen-bond donors (Lipinski definition) is 0. The van der Waals surface area contributed by atoms with Crippen molar-refractivity contribution < 1.29 is 27.4 Å². The Morgan fingerprint density at radius 1 is 0.955 bits per heavy atom. The second-order valence-corrected chi connectivity index (χ2v) is 10.1. The summed E-state index contributed by atoms with van der Waals surface area (Å²) in [5.41, 5.74) is 3.09. The number of hydrogen-bond acceptors (Lipinski definition) is 8. The van der Waals surface area contributed by atoms with E-state index in [1.54, 1.807) is 12.1 Å². The molecule has 3 aromatic carbocycles. The van der Waals surface area contributed by atoms with Crippen molar-refractivity contribution in [2.45, 2.75) is 24.7 Å². The summed E-state index contributed by atoms with van der Waals surface area (Å²) in [5, 5.41) is 9.98. The van der Waals surface area contributed by atoms with Gasteiger partial charge in [0.25, 0.3) is 5.82 Å². The Bertz CT molecular complexity index is 1450. The van der Waals surface area contributed by atoms with Crippen LogP contribution < -0.4 is 4.74 Å². The molecule has 1 atom stereocenters. The number of tetrazole rings is 1. The molecule has 0 amide bonds. The SMILES string of the molecule is COC(=O)CN1CCN(Cc2cc(-n3nnnc3C(F)(F)F)ccc2OC)CC1C(c1ccccc1)c1ccccc1.Cl.Cl. The largest absolute Gasteiger partial charge is 0.496 e. The Morgan fingerprint density at radius 3 is 2.16 bits per heavy atom. The smallest absolute Gasteiger partial charge is 0.453 e. The van der Waals surface area contributed by atoms with E-state index in [2.05, 4.69) is 49.6 Å². The van der Waals surface area contributed by atoms with Gasteiger partial charge in [-0.25, -0.2) is 0 Å². The molecule has 9 nitrogen and oxygen atoms in total. The van der Waals surface area contributed by atoms with Gasteiger partial charge >= 0.3 is 12.1 Å². The van der Waals surface area contributed by atoms with E-state index < -0.39 is 12.0 Å². The van der Waals surface area contributed by atoms with E-state index in [0.717, 1.165) is 11.1 Å². The van der Waals surface area contributed by atoms with Crippen molar-refractivity contribution in [1.82, 2.24) is 30.0 Å². The number of methoxy groups -OCH3 is 2. The molecule has 4 aromatic rings. The fraction of sp³-hybridized carbons (Fsp3) is 0.333. The number of ether oxygens (including phenoxy) is 2. The van der Waals surface area contributed by atoms with Crippen molar-refractivity contribution in [3.8, 4) is 11.4 Å². The lowest BCUT2D eigenvalue weighted by Crippen LogP contribution is -2.56. The van der Waals surface area contributed by atoms with Gasteiger partial charge in [-0.15, -0.1) is 29.9 Å². The van der Waals surface area contributed by atoms with Crippen molar-refractivity contribution in [3.05, 3.63) is 101 Å². The first kappa shape index (κ1) is 34.8. The maximum absolute atomic E-state index is 13.5. The number of carbonyl (C=O) groups excluding carboxylic acids is 1. The summed E-state index contributed by atoms with van der Waals surface area (Å²) in [6, 6.07) is 24.9. The highest BCUT2D eigenvalue weighted by atomic mass is 35.5. The molecule has 0 aliphatic carbocycles. The van der Waals surface area contributed by atoms with Gasteiger partial charge in [0.2, 0.25) is 0 Å². The zero-order valence-electron chi connectivity index (χ0n) is 24.1. The average Bonchev–Trinajstić information content (AvgIpc) is 3.51. The number of nitrogens with zero attached hydrogens (tertiary/aromatic N) is 6.